The van der Waals surface area contributed by atoms with Gasteiger partial charge < -0.3 is 15.5 Å². The minimum absolute atomic E-state index is 0. The van der Waals surface area contributed by atoms with Gasteiger partial charge in [-0.2, -0.15) is 0 Å². The number of aliphatic imine (C=N–C) groups is 1. The van der Waals surface area contributed by atoms with Gasteiger partial charge in [-0.05, 0) is 19.3 Å². The van der Waals surface area contributed by atoms with Crippen molar-refractivity contribution in [1.29, 1.82) is 0 Å². The van der Waals surface area contributed by atoms with Gasteiger partial charge in [-0.1, -0.05) is 12.8 Å². The van der Waals surface area contributed by atoms with Crippen LogP contribution >= 0.6 is 24.0 Å². The fraction of sp³-hybridized carbons (Fsp3) is 0.867. The van der Waals surface area contributed by atoms with Gasteiger partial charge in [0.2, 0.25) is 5.91 Å². The summed E-state index contributed by atoms with van der Waals surface area (Å²) in [6, 6.07) is 0.171. The summed E-state index contributed by atoms with van der Waals surface area (Å²) in [5, 5.41) is 6.29. The Morgan fingerprint density at radius 2 is 1.92 bits per heavy atom. The number of hydrogen-bond donors (Lipinski definition) is 2. The number of amides is 1. The molecule has 1 saturated heterocycles. The Bertz CT molecular complexity index is 547. The van der Waals surface area contributed by atoms with Gasteiger partial charge in [0.25, 0.3) is 0 Å². The highest BCUT2D eigenvalue weighted by Gasteiger charge is 2.32. The van der Waals surface area contributed by atoms with Crippen molar-refractivity contribution >= 4 is 45.7 Å². The summed E-state index contributed by atoms with van der Waals surface area (Å²) in [5.74, 6) is 1.19. The lowest BCUT2D eigenvalue weighted by Gasteiger charge is -2.21. The Labute approximate surface area is 162 Å². The lowest BCUT2D eigenvalue weighted by molar-refractivity contribution is -0.134. The van der Waals surface area contributed by atoms with Crippen molar-refractivity contribution in [3.05, 3.63) is 0 Å². The molecule has 1 aliphatic heterocycles. The smallest absolute Gasteiger partial charge is 0.225 e. The number of rotatable bonds is 5. The Hall–Kier alpha value is -0.580. The number of guanidine groups is 1. The maximum atomic E-state index is 12.4. The van der Waals surface area contributed by atoms with E-state index in [0.717, 1.165) is 25.8 Å². The van der Waals surface area contributed by atoms with Gasteiger partial charge in [0, 0.05) is 44.9 Å². The van der Waals surface area contributed by atoms with Crippen LogP contribution in [-0.2, 0) is 14.6 Å². The predicted molar refractivity (Wildman–Crippen MR) is 107 cm³/mol. The number of carbonyl (C=O) groups is 1. The molecule has 1 aliphatic carbocycles. The summed E-state index contributed by atoms with van der Waals surface area (Å²) >= 11 is 0. The molecule has 9 heteroatoms. The van der Waals surface area contributed by atoms with Crippen molar-refractivity contribution in [3.63, 3.8) is 0 Å². The number of carbonyl (C=O) groups excluding carboxylic acids is 1. The molecule has 2 N–H and O–H groups in total. The van der Waals surface area contributed by atoms with Gasteiger partial charge in [-0.15, -0.1) is 24.0 Å². The van der Waals surface area contributed by atoms with Crippen LogP contribution in [0.4, 0.5) is 0 Å². The quantitative estimate of drug-likeness (QED) is 0.348. The third-order valence-electron chi connectivity index (χ3n) is 4.53. The van der Waals surface area contributed by atoms with E-state index < -0.39 is 9.84 Å². The first-order valence-electron chi connectivity index (χ1n) is 8.33. The molecule has 0 aromatic carbocycles. The highest BCUT2D eigenvalue weighted by Crippen LogP contribution is 2.27. The molecule has 2 aliphatic rings. The largest absolute Gasteiger partial charge is 0.355 e. The molecule has 1 amide bonds. The SMILES string of the molecule is CN=C(NCCS(C)(=O)=O)NC1CCN(C(=O)C2CCCC2)C1.I. The number of hydrogen-bond acceptors (Lipinski definition) is 4. The maximum Gasteiger partial charge on any atom is 0.225 e. The third-order valence-corrected chi connectivity index (χ3v) is 5.48. The Morgan fingerprint density at radius 1 is 1.25 bits per heavy atom. The Morgan fingerprint density at radius 3 is 2.50 bits per heavy atom. The first-order chi connectivity index (χ1) is 10.9. The monoisotopic (exact) mass is 472 g/mol. The lowest BCUT2D eigenvalue weighted by atomic mass is 10.1. The lowest BCUT2D eigenvalue weighted by Crippen LogP contribution is -2.46. The number of nitrogens with zero attached hydrogens (tertiary/aromatic N) is 2. The summed E-state index contributed by atoms with van der Waals surface area (Å²) in [4.78, 5) is 18.5. The first kappa shape index (κ1) is 21.5. The van der Waals surface area contributed by atoms with Crippen LogP contribution in [-0.4, -0.2) is 69.9 Å². The summed E-state index contributed by atoms with van der Waals surface area (Å²) in [6.45, 7) is 1.81. The molecule has 1 unspecified atom stereocenters. The zero-order valence-electron chi connectivity index (χ0n) is 14.5. The molecule has 0 aromatic heterocycles. The van der Waals surface area contributed by atoms with Crippen LogP contribution in [0.2, 0.25) is 0 Å². The van der Waals surface area contributed by atoms with Crippen molar-refractivity contribution < 1.29 is 13.2 Å². The second-order valence-electron chi connectivity index (χ2n) is 6.52. The van der Waals surface area contributed by atoms with E-state index in [-0.39, 0.29) is 41.7 Å². The van der Waals surface area contributed by atoms with Gasteiger partial charge >= 0.3 is 0 Å². The Kier molecular flexibility index (Phi) is 8.75. The average Bonchev–Trinajstić information content (AvgIpc) is 3.15. The summed E-state index contributed by atoms with van der Waals surface area (Å²) in [6.07, 6.45) is 6.51. The van der Waals surface area contributed by atoms with Crippen molar-refractivity contribution in [2.24, 2.45) is 10.9 Å². The number of sulfone groups is 1. The van der Waals surface area contributed by atoms with Crippen LogP contribution in [0.3, 0.4) is 0 Å². The normalized spacial score (nSPS) is 22.3. The van der Waals surface area contributed by atoms with Crippen molar-refractivity contribution in [2.75, 3.05) is 38.7 Å². The highest BCUT2D eigenvalue weighted by molar-refractivity contribution is 14.0. The van der Waals surface area contributed by atoms with Gasteiger partial charge in [0.15, 0.2) is 5.96 Å². The van der Waals surface area contributed by atoms with Gasteiger partial charge in [-0.3, -0.25) is 9.79 Å². The zero-order valence-corrected chi connectivity index (χ0v) is 17.6. The van der Waals surface area contributed by atoms with Gasteiger partial charge in [0.05, 0.1) is 5.75 Å². The van der Waals surface area contributed by atoms with Crippen LogP contribution in [0.15, 0.2) is 4.99 Å². The van der Waals surface area contributed by atoms with Crippen LogP contribution in [0.5, 0.6) is 0 Å². The number of nitrogens with one attached hydrogen (secondary N) is 2. The molecular weight excluding hydrogens is 443 g/mol. The van der Waals surface area contributed by atoms with Crippen molar-refractivity contribution in [1.82, 2.24) is 15.5 Å². The van der Waals surface area contributed by atoms with Crippen LogP contribution in [0, 0.1) is 5.92 Å². The van der Waals surface area contributed by atoms with Crippen LogP contribution in [0.25, 0.3) is 0 Å². The van der Waals surface area contributed by atoms with Crippen LogP contribution in [0.1, 0.15) is 32.1 Å². The van der Waals surface area contributed by atoms with E-state index in [4.69, 9.17) is 0 Å². The average molecular weight is 472 g/mol. The molecule has 1 heterocycles. The molecule has 0 bridgehead atoms. The minimum atomic E-state index is -2.98. The molecule has 0 aromatic rings. The van der Waals surface area contributed by atoms with E-state index in [1.54, 1.807) is 7.05 Å². The van der Waals surface area contributed by atoms with E-state index in [1.807, 2.05) is 4.90 Å². The van der Waals surface area contributed by atoms with E-state index in [9.17, 15) is 13.2 Å². The summed E-state index contributed by atoms with van der Waals surface area (Å²) < 4.78 is 22.3. The van der Waals surface area contributed by atoms with Crippen molar-refractivity contribution in [3.8, 4) is 0 Å². The molecule has 0 radical (unpaired) electrons. The molecule has 140 valence electrons. The topological polar surface area (TPSA) is 90.9 Å². The summed E-state index contributed by atoms with van der Waals surface area (Å²) in [5.41, 5.74) is 0. The summed E-state index contributed by atoms with van der Waals surface area (Å²) in [7, 11) is -1.32. The molecule has 2 fully saturated rings. The number of halogens is 1. The molecule has 0 spiro atoms. The minimum Gasteiger partial charge on any atom is -0.355 e. The second-order valence-corrected chi connectivity index (χ2v) is 8.78. The Balaban J connectivity index is 0.00000288. The van der Waals surface area contributed by atoms with Gasteiger partial charge in [-0.25, -0.2) is 8.42 Å². The molecule has 1 saturated carbocycles. The number of likely N-dealkylation sites (tertiary alicyclic amines) is 1. The molecule has 7 nitrogen and oxygen atoms in total. The highest BCUT2D eigenvalue weighted by atomic mass is 127. The third kappa shape index (κ3) is 6.73. The van der Waals surface area contributed by atoms with Crippen molar-refractivity contribution in [2.45, 2.75) is 38.1 Å². The first-order valence-corrected chi connectivity index (χ1v) is 10.4. The van der Waals surface area contributed by atoms with E-state index in [0.29, 0.717) is 25.0 Å². The fourth-order valence-corrected chi connectivity index (χ4v) is 3.72. The standard InChI is InChI=1S/C15H28N4O3S.HI/c1-16-15(17-8-10-23(2,21)22)18-13-7-9-19(11-13)14(20)12-5-3-4-6-12;/h12-13H,3-11H2,1-2H3,(H2,16,17,18);1H. The molecular formula is C15H29IN4O3S. The molecule has 1 atom stereocenters. The van der Waals surface area contributed by atoms with E-state index in [2.05, 4.69) is 15.6 Å². The van der Waals surface area contributed by atoms with E-state index in [1.165, 1.54) is 19.1 Å². The predicted octanol–water partition coefficient (Wildman–Crippen LogP) is 0.605. The molecule has 2 rings (SSSR count). The fourth-order valence-electron chi connectivity index (χ4n) is 3.25. The zero-order chi connectivity index (χ0) is 16.9. The van der Waals surface area contributed by atoms with E-state index >= 15 is 0 Å². The maximum absolute atomic E-state index is 12.4. The molecule has 24 heavy (non-hydrogen) atoms. The van der Waals surface area contributed by atoms with Gasteiger partial charge in [0.1, 0.15) is 9.84 Å². The second kappa shape index (κ2) is 9.79. The van der Waals surface area contributed by atoms with Crippen LogP contribution < -0.4 is 10.6 Å².